The first kappa shape index (κ1) is 14.5. The summed E-state index contributed by atoms with van der Waals surface area (Å²) in [4.78, 5) is 17.0. The topological polar surface area (TPSA) is 88.2 Å². The second-order valence-corrected chi connectivity index (χ2v) is 5.86. The van der Waals surface area contributed by atoms with Gasteiger partial charge in [0.25, 0.3) is 0 Å². The number of benzene rings is 1. The number of amides is 1. The molecule has 5 nitrogen and oxygen atoms in total. The molecule has 0 fully saturated rings. The van der Waals surface area contributed by atoms with Gasteiger partial charge in [0.1, 0.15) is 5.75 Å². The number of carbonyl (C=O) groups excluding carboxylic acids is 1. The number of thiazole rings is 1. The van der Waals surface area contributed by atoms with E-state index in [-0.39, 0.29) is 11.7 Å². The Balaban J connectivity index is 1.84. The molecule has 0 aliphatic heterocycles. The van der Waals surface area contributed by atoms with Crippen molar-refractivity contribution >= 4 is 17.2 Å². The van der Waals surface area contributed by atoms with Crippen molar-refractivity contribution in [3.05, 3.63) is 45.9 Å². The summed E-state index contributed by atoms with van der Waals surface area (Å²) in [5.74, 6) is 0.0106. The van der Waals surface area contributed by atoms with E-state index in [2.05, 4.69) is 10.3 Å². The highest BCUT2D eigenvalue weighted by Crippen LogP contribution is 2.12. The van der Waals surface area contributed by atoms with Crippen LogP contribution in [0.2, 0.25) is 0 Å². The molecule has 20 heavy (non-hydrogen) atoms. The fourth-order valence-corrected chi connectivity index (χ4v) is 2.51. The van der Waals surface area contributed by atoms with Gasteiger partial charge < -0.3 is 16.2 Å². The summed E-state index contributed by atoms with van der Waals surface area (Å²) in [7, 11) is 0. The maximum atomic E-state index is 11.9. The van der Waals surface area contributed by atoms with Crippen LogP contribution in [0.5, 0.6) is 5.75 Å². The summed E-state index contributed by atoms with van der Waals surface area (Å²) in [6.45, 7) is 2.38. The lowest BCUT2D eigenvalue weighted by atomic mass is 10.1. The van der Waals surface area contributed by atoms with Crippen LogP contribution >= 0.6 is 11.3 Å². The first-order chi connectivity index (χ1) is 9.54. The minimum atomic E-state index is -0.603. The van der Waals surface area contributed by atoms with Gasteiger partial charge in [-0.15, -0.1) is 11.3 Å². The van der Waals surface area contributed by atoms with E-state index in [0.717, 1.165) is 15.4 Å². The van der Waals surface area contributed by atoms with Gasteiger partial charge in [-0.1, -0.05) is 12.1 Å². The average Bonchev–Trinajstić information content (AvgIpc) is 2.84. The van der Waals surface area contributed by atoms with Gasteiger partial charge in [0, 0.05) is 11.1 Å². The molecule has 0 aliphatic rings. The van der Waals surface area contributed by atoms with E-state index >= 15 is 0 Å². The molecule has 0 unspecified atom stereocenters. The van der Waals surface area contributed by atoms with Crippen LogP contribution in [0.3, 0.4) is 0 Å². The number of nitrogens with two attached hydrogens (primary N) is 1. The zero-order valence-corrected chi connectivity index (χ0v) is 12.0. The van der Waals surface area contributed by atoms with Crippen LogP contribution in [0.15, 0.2) is 30.5 Å². The van der Waals surface area contributed by atoms with Gasteiger partial charge >= 0.3 is 0 Å². The molecular weight excluding hydrogens is 274 g/mol. The molecular formula is C14H17N3O2S. The first-order valence-corrected chi connectivity index (χ1v) is 7.09. The van der Waals surface area contributed by atoms with Crippen molar-refractivity contribution in [3.8, 4) is 5.75 Å². The van der Waals surface area contributed by atoms with Crippen molar-refractivity contribution in [2.45, 2.75) is 25.9 Å². The molecule has 1 aromatic heterocycles. The number of carbonyl (C=O) groups is 1. The highest BCUT2D eigenvalue weighted by molar-refractivity contribution is 7.11. The van der Waals surface area contributed by atoms with Crippen LogP contribution in [0, 0.1) is 6.92 Å². The Morgan fingerprint density at radius 2 is 2.15 bits per heavy atom. The van der Waals surface area contributed by atoms with Crippen LogP contribution in [0.4, 0.5) is 0 Å². The summed E-state index contributed by atoms with van der Waals surface area (Å²) < 4.78 is 0. The Morgan fingerprint density at radius 3 is 2.75 bits per heavy atom. The van der Waals surface area contributed by atoms with Crippen LogP contribution in [-0.2, 0) is 17.8 Å². The standard InChI is InChI=1S/C14H17N3O2S/c1-9-16-7-12(20-9)8-17-14(19)13(15)6-10-2-4-11(18)5-3-10/h2-5,7,13,18H,6,8,15H2,1H3,(H,17,19)/t13-/m1/s1. The lowest BCUT2D eigenvalue weighted by molar-refractivity contribution is -0.122. The van der Waals surface area contributed by atoms with E-state index < -0.39 is 6.04 Å². The van der Waals surface area contributed by atoms with Crippen LogP contribution in [0.1, 0.15) is 15.4 Å². The summed E-state index contributed by atoms with van der Waals surface area (Å²) in [6, 6.07) is 6.08. The first-order valence-electron chi connectivity index (χ1n) is 6.27. The van der Waals surface area contributed by atoms with Gasteiger partial charge in [-0.2, -0.15) is 0 Å². The van der Waals surface area contributed by atoms with E-state index in [4.69, 9.17) is 5.73 Å². The van der Waals surface area contributed by atoms with Crippen molar-refractivity contribution in [3.63, 3.8) is 0 Å². The van der Waals surface area contributed by atoms with Gasteiger partial charge in [-0.05, 0) is 31.0 Å². The third-order valence-corrected chi connectivity index (χ3v) is 3.75. The summed E-state index contributed by atoms with van der Waals surface area (Å²) in [5.41, 5.74) is 6.79. The number of nitrogens with zero attached hydrogens (tertiary/aromatic N) is 1. The highest BCUT2D eigenvalue weighted by Gasteiger charge is 2.14. The molecule has 4 N–H and O–H groups in total. The monoisotopic (exact) mass is 291 g/mol. The number of aromatic hydroxyl groups is 1. The minimum absolute atomic E-state index is 0.191. The molecule has 6 heteroatoms. The smallest absolute Gasteiger partial charge is 0.237 e. The third kappa shape index (κ3) is 4.04. The van der Waals surface area contributed by atoms with Crippen LogP contribution < -0.4 is 11.1 Å². The molecule has 106 valence electrons. The van der Waals surface area contributed by atoms with Gasteiger partial charge in [-0.25, -0.2) is 4.98 Å². The van der Waals surface area contributed by atoms with Gasteiger partial charge in [0.15, 0.2) is 0 Å². The zero-order valence-electron chi connectivity index (χ0n) is 11.2. The van der Waals surface area contributed by atoms with Crippen LogP contribution in [0.25, 0.3) is 0 Å². The van der Waals surface area contributed by atoms with E-state index in [1.807, 2.05) is 6.92 Å². The number of rotatable bonds is 5. The van der Waals surface area contributed by atoms with Gasteiger partial charge in [-0.3, -0.25) is 4.79 Å². The van der Waals surface area contributed by atoms with E-state index in [9.17, 15) is 9.90 Å². The third-order valence-electron chi connectivity index (χ3n) is 2.83. The van der Waals surface area contributed by atoms with E-state index in [0.29, 0.717) is 13.0 Å². The molecule has 0 aliphatic carbocycles. The normalized spacial score (nSPS) is 12.1. The van der Waals surface area contributed by atoms with Crippen molar-refractivity contribution in [2.24, 2.45) is 5.73 Å². The quantitative estimate of drug-likeness (QED) is 0.775. The number of phenolic OH excluding ortho intramolecular Hbond substituents is 1. The zero-order chi connectivity index (χ0) is 14.5. The van der Waals surface area contributed by atoms with E-state index in [1.54, 1.807) is 41.8 Å². The minimum Gasteiger partial charge on any atom is -0.508 e. The van der Waals surface area contributed by atoms with Crippen molar-refractivity contribution in [2.75, 3.05) is 0 Å². The van der Waals surface area contributed by atoms with Crippen molar-refractivity contribution < 1.29 is 9.90 Å². The number of phenols is 1. The Morgan fingerprint density at radius 1 is 1.45 bits per heavy atom. The van der Waals surface area contributed by atoms with Crippen molar-refractivity contribution in [1.82, 2.24) is 10.3 Å². The molecule has 0 radical (unpaired) electrons. The molecule has 1 amide bonds. The van der Waals surface area contributed by atoms with E-state index in [1.165, 1.54) is 0 Å². The number of hydrogen-bond acceptors (Lipinski definition) is 5. The Kier molecular flexibility index (Phi) is 4.70. The number of aromatic nitrogens is 1. The molecule has 1 aromatic carbocycles. The van der Waals surface area contributed by atoms with Gasteiger partial charge in [0.2, 0.25) is 5.91 Å². The fraction of sp³-hybridized carbons (Fsp3) is 0.286. The molecule has 1 atom stereocenters. The second-order valence-electron chi connectivity index (χ2n) is 4.54. The predicted molar refractivity (Wildman–Crippen MR) is 78.5 cm³/mol. The summed E-state index contributed by atoms with van der Waals surface area (Å²) >= 11 is 1.55. The average molecular weight is 291 g/mol. The highest BCUT2D eigenvalue weighted by atomic mass is 32.1. The summed E-state index contributed by atoms with van der Waals surface area (Å²) in [6.07, 6.45) is 2.19. The molecule has 0 saturated carbocycles. The number of nitrogens with one attached hydrogen (secondary N) is 1. The van der Waals surface area contributed by atoms with Crippen molar-refractivity contribution in [1.29, 1.82) is 0 Å². The fourth-order valence-electron chi connectivity index (χ4n) is 1.77. The summed E-state index contributed by atoms with van der Waals surface area (Å²) in [5, 5.41) is 13.0. The molecule has 0 spiro atoms. The lowest BCUT2D eigenvalue weighted by Crippen LogP contribution is -2.41. The molecule has 0 bridgehead atoms. The molecule has 2 aromatic rings. The maximum Gasteiger partial charge on any atom is 0.237 e. The Hall–Kier alpha value is -1.92. The Labute approximate surface area is 121 Å². The molecule has 2 rings (SSSR count). The largest absolute Gasteiger partial charge is 0.508 e. The molecule has 1 heterocycles. The lowest BCUT2D eigenvalue weighted by Gasteiger charge is -2.11. The van der Waals surface area contributed by atoms with Crippen LogP contribution in [-0.4, -0.2) is 22.0 Å². The SMILES string of the molecule is Cc1ncc(CNC(=O)[C@H](N)Cc2ccc(O)cc2)s1. The maximum absolute atomic E-state index is 11.9. The number of aryl methyl sites for hydroxylation is 1. The van der Waals surface area contributed by atoms with Gasteiger partial charge in [0.05, 0.1) is 17.6 Å². The molecule has 0 saturated heterocycles. The Bertz CT molecular complexity index is 580. The predicted octanol–water partition coefficient (Wildman–Crippen LogP) is 1.34. The second kappa shape index (κ2) is 6.49. The number of hydrogen-bond donors (Lipinski definition) is 3.